The van der Waals surface area contributed by atoms with Crippen molar-refractivity contribution in [2.24, 2.45) is 5.73 Å². The Morgan fingerprint density at radius 1 is 0.623 bits per heavy atom. The van der Waals surface area contributed by atoms with Crippen molar-refractivity contribution in [1.29, 1.82) is 0 Å². The maximum atomic E-state index is 12.6. The Bertz CT molecular complexity index is 1180. The highest BCUT2D eigenvalue weighted by Crippen LogP contribution is 2.43. The second kappa shape index (κ2) is 35.9. The minimum absolute atomic E-state index is 0.135. The summed E-state index contributed by atoms with van der Waals surface area (Å²) in [4.78, 5) is 45.8. The molecule has 0 aromatic rings. The molecule has 0 aliphatic rings. The van der Waals surface area contributed by atoms with Crippen molar-refractivity contribution in [3.05, 3.63) is 72.9 Å². The molecule has 53 heavy (non-hydrogen) atoms. The van der Waals surface area contributed by atoms with Crippen molar-refractivity contribution in [1.82, 2.24) is 0 Å². The van der Waals surface area contributed by atoms with Crippen LogP contribution in [0.1, 0.15) is 136 Å². The molecule has 12 heteroatoms. The second-order valence-corrected chi connectivity index (χ2v) is 14.2. The predicted octanol–water partition coefficient (Wildman–Crippen LogP) is 9.78. The van der Waals surface area contributed by atoms with E-state index < -0.39 is 51.1 Å². The van der Waals surface area contributed by atoms with E-state index in [2.05, 4.69) is 54.8 Å². The van der Waals surface area contributed by atoms with Gasteiger partial charge in [-0.05, 0) is 57.8 Å². The first-order chi connectivity index (χ1) is 25.6. The van der Waals surface area contributed by atoms with Crippen LogP contribution in [-0.2, 0) is 37.5 Å². The molecule has 0 radical (unpaired) electrons. The minimum atomic E-state index is -4.72. The molecule has 0 bridgehead atoms. The average Bonchev–Trinajstić information content (AvgIpc) is 3.13. The predicted molar refractivity (Wildman–Crippen MR) is 212 cm³/mol. The highest BCUT2D eigenvalue weighted by molar-refractivity contribution is 7.47. The standard InChI is InChI=1S/C41H68NO10P/c1-3-5-7-9-11-13-15-17-19-21-22-24-26-28-30-32-39(43)49-34-37(35-50-53(47,48)51-36-38(42)41(45)46)52-40(44)33-31-29-27-25-23-20-18-16-14-12-10-8-6-4-2/h5,7,9-13,15-19,37-38H,3-4,6,8,14,20-36,42H2,1-2H3,(H,45,46)(H,47,48)/b7-5+,11-9+,12-10+,15-13+,18-16+,19-17+/t37-,38+/m1/s1. The first-order valence-electron chi connectivity index (χ1n) is 19.5. The van der Waals surface area contributed by atoms with Gasteiger partial charge in [-0.1, -0.05) is 138 Å². The fraction of sp³-hybridized carbons (Fsp3) is 0.634. The number of unbranched alkanes of at least 4 members (excludes halogenated alkanes) is 12. The number of phosphoric acid groups is 1. The Hall–Kier alpha value is -3.08. The van der Waals surface area contributed by atoms with Gasteiger partial charge in [0.15, 0.2) is 6.10 Å². The lowest BCUT2D eigenvalue weighted by Gasteiger charge is -2.20. The SMILES string of the molecule is CC/C=C/C=C/C=C/C=C/CCCCCCCC(=O)OC[C@H](COP(=O)(O)OC[C@H](N)C(=O)O)OC(=O)CCCCCCC/C=C/C/C=C/CCCC. The molecule has 0 aromatic carbocycles. The molecule has 0 heterocycles. The van der Waals surface area contributed by atoms with Gasteiger partial charge < -0.3 is 25.2 Å². The number of hydrogen-bond donors (Lipinski definition) is 3. The third kappa shape index (κ3) is 35.7. The summed E-state index contributed by atoms with van der Waals surface area (Å²) in [5.74, 6) is -2.44. The van der Waals surface area contributed by atoms with Gasteiger partial charge in [-0.2, -0.15) is 0 Å². The van der Waals surface area contributed by atoms with E-state index in [-0.39, 0.29) is 19.4 Å². The summed E-state index contributed by atoms with van der Waals surface area (Å²) in [5, 5.41) is 8.86. The monoisotopic (exact) mass is 765 g/mol. The summed E-state index contributed by atoms with van der Waals surface area (Å²) in [6.07, 6.45) is 41.1. The van der Waals surface area contributed by atoms with Crippen LogP contribution < -0.4 is 5.73 Å². The van der Waals surface area contributed by atoms with Gasteiger partial charge in [0.05, 0.1) is 13.2 Å². The van der Waals surface area contributed by atoms with Crippen LogP contribution in [-0.4, -0.2) is 59.9 Å². The molecule has 0 saturated carbocycles. The summed E-state index contributed by atoms with van der Waals surface area (Å²) in [6, 6.07) is -1.53. The Labute approximate surface area is 319 Å². The Kier molecular flexibility index (Phi) is 33.8. The van der Waals surface area contributed by atoms with Crippen LogP contribution in [0.5, 0.6) is 0 Å². The Morgan fingerprint density at radius 3 is 1.74 bits per heavy atom. The van der Waals surface area contributed by atoms with Gasteiger partial charge in [-0.3, -0.25) is 23.4 Å². The molecule has 0 aromatic heterocycles. The largest absolute Gasteiger partial charge is 0.480 e. The first-order valence-corrected chi connectivity index (χ1v) is 21.0. The Balaban J connectivity index is 4.51. The number of phosphoric ester groups is 1. The van der Waals surface area contributed by atoms with E-state index in [1.807, 2.05) is 36.5 Å². The molecule has 1 unspecified atom stereocenters. The highest BCUT2D eigenvalue weighted by atomic mass is 31.2. The summed E-state index contributed by atoms with van der Waals surface area (Å²) in [7, 11) is -4.72. The van der Waals surface area contributed by atoms with Crippen LogP contribution in [0, 0.1) is 0 Å². The number of aliphatic carboxylic acids is 1. The van der Waals surface area contributed by atoms with E-state index in [1.54, 1.807) is 0 Å². The number of esters is 2. The third-order valence-electron chi connectivity index (χ3n) is 7.78. The van der Waals surface area contributed by atoms with E-state index in [0.717, 1.165) is 83.5 Å². The van der Waals surface area contributed by atoms with Crippen LogP contribution in [0.4, 0.5) is 0 Å². The van der Waals surface area contributed by atoms with E-state index in [1.165, 1.54) is 12.8 Å². The normalized spacial score (nSPS) is 14.6. The third-order valence-corrected chi connectivity index (χ3v) is 8.73. The van der Waals surface area contributed by atoms with Crippen LogP contribution in [0.15, 0.2) is 72.9 Å². The van der Waals surface area contributed by atoms with Gasteiger partial charge in [0.25, 0.3) is 0 Å². The van der Waals surface area contributed by atoms with Crippen molar-refractivity contribution >= 4 is 25.7 Å². The molecule has 0 fully saturated rings. The molecular formula is C41H68NO10P. The number of hydrogen-bond acceptors (Lipinski definition) is 9. The van der Waals surface area contributed by atoms with Crippen molar-refractivity contribution < 1.29 is 47.5 Å². The molecule has 0 amide bonds. The lowest BCUT2D eigenvalue weighted by molar-refractivity contribution is -0.161. The van der Waals surface area contributed by atoms with E-state index in [9.17, 15) is 23.8 Å². The second-order valence-electron chi connectivity index (χ2n) is 12.8. The molecule has 11 nitrogen and oxygen atoms in total. The molecule has 4 N–H and O–H groups in total. The maximum absolute atomic E-state index is 12.6. The van der Waals surface area contributed by atoms with Gasteiger partial charge in [0, 0.05) is 12.8 Å². The van der Waals surface area contributed by atoms with Crippen LogP contribution >= 0.6 is 7.82 Å². The molecular weight excluding hydrogens is 697 g/mol. The smallest absolute Gasteiger partial charge is 0.472 e. The zero-order chi connectivity index (χ0) is 39.3. The average molecular weight is 766 g/mol. The van der Waals surface area contributed by atoms with Gasteiger partial charge in [-0.25, -0.2) is 4.57 Å². The van der Waals surface area contributed by atoms with Crippen molar-refractivity contribution in [3.8, 4) is 0 Å². The van der Waals surface area contributed by atoms with Gasteiger partial charge >= 0.3 is 25.7 Å². The lowest BCUT2D eigenvalue weighted by atomic mass is 10.1. The van der Waals surface area contributed by atoms with Crippen LogP contribution in [0.25, 0.3) is 0 Å². The molecule has 0 rings (SSSR count). The van der Waals surface area contributed by atoms with Crippen LogP contribution in [0.3, 0.4) is 0 Å². The molecule has 0 aliphatic heterocycles. The first kappa shape index (κ1) is 49.9. The fourth-order valence-corrected chi connectivity index (χ4v) is 5.46. The van der Waals surface area contributed by atoms with E-state index in [4.69, 9.17) is 24.8 Å². The number of carbonyl (C=O) groups is 3. The highest BCUT2D eigenvalue weighted by Gasteiger charge is 2.28. The number of carbonyl (C=O) groups excluding carboxylic acids is 2. The zero-order valence-electron chi connectivity index (χ0n) is 32.3. The Morgan fingerprint density at radius 2 is 1.13 bits per heavy atom. The number of carboxylic acids is 1. The number of ether oxygens (including phenoxy) is 2. The van der Waals surface area contributed by atoms with Gasteiger partial charge in [0.2, 0.25) is 0 Å². The van der Waals surface area contributed by atoms with Crippen molar-refractivity contribution in [2.45, 2.75) is 148 Å². The summed E-state index contributed by atoms with van der Waals surface area (Å²) in [5.41, 5.74) is 5.32. The zero-order valence-corrected chi connectivity index (χ0v) is 33.2. The number of carboxylic acid groups (broad SMARTS) is 1. The fourth-order valence-electron chi connectivity index (χ4n) is 4.68. The van der Waals surface area contributed by atoms with Crippen LogP contribution in [0.2, 0.25) is 0 Å². The topological polar surface area (TPSA) is 172 Å². The molecule has 0 aliphatic carbocycles. The van der Waals surface area contributed by atoms with E-state index >= 15 is 0 Å². The quantitative estimate of drug-likeness (QED) is 0.0184. The summed E-state index contributed by atoms with van der Waals surface area (Å²) < 4.78 is 32.6. The van der Waals surface area contributed by atoms with Crippen molar-refractivity contribution in [2.75, 3.05) is 19.8 Å². The maximum Gasteiger partial charge on any atom is 0.472 e. The van der Waals surface area contributed by atoms with E-state index in [0.29, 0.717) is 12.8 Å². The summed E-state index contributed by atoms with van der Waals surface area (Å²) in [6.45, 7) is 2.55. The molecule has 3 atom stereocenters. The molecule has 0 saturated heterocycles. The van der Waals surface area contributed by atoms with Gasteiger partial charge in [-0.15, -0.1) is 0 Å². The number of rotatable bonds is 35. The minimum Gasteiger partial charge on any atom is -0.480 e. The summed E-state index contributed by atoms with van der Waals surface area (Å²) >= 11 is 0. The molecule has 302 valence electrons. The number of allylic oxidation sites excluding steroid dienone is 12. The number of nitrogens with two attached hydrogens (primary N) is 1. The molecule has 0 spiro atoms. The van der Waals surface area contributed by atoms with Gasteiger partial charge in [0.1, 0.15) is 12.6 Å². The lowest BCUT2D eigenvalue weighted by Crippen LogP contribution is -2.34. The van der Waals surface area contributed by atoms with Crippen molar-refractivity contribution in [3.63, 3.8) is 0 Å².